The summed E-state index contributed by atoms with van der Waals surface area (Å²) in [4.78, 5) is 13.1. The Balaban J connectivity index is 1.93. The van der Waals surface area contributed by atoms with Gasteiger partial charge in [-0.15, -0.1) is 0 Å². The quantitative estimate of drug-likeness (QED) is 0.896. The van der Waals surface area contributed by atoms with Gasteiger partial charge in [-0.25, -0.2) is 18.4 Å². The van der Waals surface area contributed by atoms with Gasteiger partial charge in [0.25, 0.3) is 0 Å². The lowest BCUT2D eigenvalue weighted by Crippen LogP contribution is -2.23. The van der Waals surface area contributed by atoms with Gasteiger partial charge in [0.2, 0.25) is 0 Å². The maximum absolute atomic E-state index is 11.7. The number of aromatic nitrogens is 3. The molecular formula is C17H22N4O2S. The van der Waals surface area contributed by atoms with Crippen molar-refractivity contribution in [1.82, 2.24) is 15.0 Å². The van der Waals surface area contributed by atoms with E-state index in [2.05, 4.69) is 20.3 Å². The van der Waals surface area contributed by atoms with Crippen molar-refractivity contribution in [2.75, 3.05) is 11.6 Å². The van der Waals surface area contributed by atoms with Crippen LogP contribution in [0.15, 0.2) is 30.6 Å². The maximum atomic E-state index is 11.7. The zero-order chi connectivity index (χ0) is 17.0. The van der Waals surface area contributed by atoms with Crippen LogP contribution < -0.4 is 5.32 Å². The van der Waals surface area contributed by atoms with E-state index in [1.165, 1.54) is 25.5 Å². The van der Waals surface area contributed by atoms with E-state index in [9.17, 15) is 8.42 Å². The van der Waals surface area contributed by atoms with E-state index < -0.39 is 9.84 Å². The summed E-state index contributed by atoms with van der Waals surface area (Å²) in [7, 11) is -3.16. The minimum Gasteiger partial charge on any atom is -0.367 e. The van der Waals surface area contributed by atoms with E-state index in [0.29, 0.717) is 23.4 Å². The molecule has 2 heterocycles. The van der Waals surface area contributed by atoms with Crippen molar-refractivity contribution >= 4 is 15.7 Å². The van der Waals surface area contributed by atoms with Gasteiger partial charge in [-0.2, -0.15) is 0 Å². The van der Waals surface area contributed by atoms with Crippen molar-refractivity contribution in [3.05, 3.63) is 36.3 Å². The van der Waals surface area contributed by atoms with Crippen LogP contribution in [0.3, 0.4) is 0 Å². The van der Waals surface area contributed by atoms with E-state index in [1.807, 2.05) is 12.1 Å². The number of nitrogens with zero attached hydrogens (tertiary/aromatic N) is 3. The van der Waals surface area contributed by atoms with Gasteiger partial charge in [0.05, 0.1) is 11.4 Å². The van der Waals surface area contributed by atoms with Gasteiger partial charge in [0, 0.05) is 36.3 Å². The predicted molar refractivity (Wildman–Crippen MR) is 94.3 cm³/mol. The molecule has 0 spiro atoms. The Kier molecular flexibility index (Phi) is 5.08. The zero-order valence-corrected chi connectivity index (χ0v) is 14.6. The number of pyridine rings is 1. The summed E-state index contributed by atoms with van der Waals surface area (Å²) in [5.41, 5.74) is 1.28. The van der Waals surface area contributed by atoms with Crippen LogP contribution in [0.25, 0.3) is 11.4 Å². The Morgan fingerprint density at radius 3 is 2.67 bits per heavy atom. The molecule has 2 aromatic heterocycles. The van der Waals surface area contributed by atoms with Crippen LogP contribution in [0.2, 0.25) is 0 Å². The molecule has 0 aliphatic heterocycles. The monoisotopic (exact) mass is 346 g/mol. The molecule has 1 aliphatic carbocycles. The average Bonchev–Trinajstić information content (AvgIpc) is 2.55. The third kappa shape index (κ3) is 4.74. The molecule has 1 saturated carbocycles. The largest absolute Gasteiger partial charge is 0.367 e. The summed E-state index contributed by atoms with van der Waals surface area (Å²) >= 11 is 0. The topological polar surface area (TPSA) is 84.8 Å². The molecule has 0 aromatic carbocycles. The molecule has 0 saturated heterocycles. The van der Waals surface area contributed by atoms with E-state index in [1.54, 1.807) is 18.5 Å². The van der Waals surface area contributed by atoms with Crippen molar-refractivity contribution in [3.8, 4) is 11.4 Å². The van der Waals surface area contributed by atoms with Gasteiger partial charge >= 0.3 is 0 Å². The van der Waals surface area contributed by atoms with Gasteiger partial charge in [0.1, 0.15) is 5.82 Å². The van der Waals surface area contributed by atoms with Crippen molar-refractivity contribution < 1.29 is 8.42 Å². The molecule has 0 radical (unpaired) electrons. The summed E-state index contributed by atoms with van der Waals surface area (Å²) in [5.74, 6) is 1.10. The van der Waals surface area contributed by atoms with E-state index >= 15 is 0 Å². The first-order valence-electron chi connectivity index (χ1n) is 8.22. The van der Waals surface area contributed by atoms with Crippen LogP contribution in [-0.2, 0) is 15.6 Å². The van der Waals surface area contributed by atoms with Crippen LogP contribution in [0, 0.1) is 0 Å². The number of sulfone groups is 1. The van der Waals surface area contributed by atoms with Gasteiger partial charge in [-0.3, -0.25) is 4.98 Å². The second kappa shape index (κ2) is 7.25. The third-order valence-electron chi connectivity index (χ3n) is 4.07. The Labute approximate surface area is 142 Å². The van der Waals surface area contributed by atoms with Crippen LogP contribution in [0.4, 0.5) is 5.82 Å². The van der Waals surface area contributed by atoms with Gasteiger partial charge < -0.3 is 5.32 Å². The Morgan fingerprint density at radius 2 is 2.00 bits per heavy atom. The van der Waals surface area contributed by atoms with Crippen molar-refractivity contribution in [2.24, 2.45) is 0 Å². The summed E-state index contributed by atoms with van der Waals surface area (Å²) < 4.78 is 23.3. The normalized spacial score (nSPS) is 16.0. The second-order valence-electron chi connectivity index (χ2n) is 6.36. The molecule has 1 fully saturated rings. The van der Waals surface area contributed by atoms with E-state index in [4.69, 9.17) is 0 Å². The minimum absolute atomic E-state index is 0.0951. The average molecular weight is 346 g/mol. The van der Waals surface area contributed by atoms with Crippen LogP contribution in [-0.4, -0.2) is 35.7 Å². The van der Waals surface area contributed by atoms with Crippen LogP contribution in [0.5, 0.6) is 0 Å². The number of nitrogens with one attached hydrogen (secondary N) is 1. The molecule has 3 rings (SSSR count). The lowest BCUT2D eigenvalue weighted by molar-refractivity contribution is 0.462. The van der Waals surface area contributed by atoms with Crippen molar-refractivity contribution in [1.29, 1.82) is 0 Å². The zero-order valence-electron chi connectivity index (χ0n) is 13.8. The summed E-state index contributed by atoms with van der Waals surface area (Å²) in [5, 5.41) is 3.45. The lowest BCUT2D eigenvalue weighted by atomic mass is 9.95. The predicted octanol–water partition coefficient (Wildman–Crippen LogP) is 2.83. The van der Waals surface area contributed by atoms with Crippen LogP contribution in [0.1, 0.15) is 37.8 Å². The van der Waals surface area contributed by atoms with Gasteiger partial charge in [-0.1, -0.05) is 19.3 Å². The molecule has 0 bridgehead atoms. The van der Waals surface area contributed by atoms with Gasteiger partial charge in [-0.05, 0) is 25.0 Å². The molecule has 1 aliphatic rings. The Hall–Kier alpha value is -2.02. The molecule has 0 amide bonds. The second-order valence-corrected chi connectivity index (χ2v) is 8.50. The fourth-order valence-electron chi connectivity index (χ4n) is 2.99. The first-order valence-corrected chi connectivity index (χ1v) is 10.3. The Morgan fingerprint density at radius 1 is 1.21 bits per heavy atom. The standard InChI is InChI=1S/C17H22N4O2S/c1-24(22,23)12-15-10-16(19-14-7-3-2-4-8-14)21-17(20-15)13-6-5-9-18-11-13/h5-6,9-11,14H,2-4,7-8,12H2,1H3,(H,19,20,21). The molecule has 128 valence electrons. The molecule has 7 heteroatoms. The van der Waals surface area contributed by atoms with Gasteiger partial charge in [0.15, 0.2) is 15.7 Å². The number of hydrogen-bond donors (Lipinski definition) is 1. The minimum atomic E-state index is -3.16. The summed E-state index contributed by atoms with van der Waals surface area (Å²) in [6.07, 6.45) is 10.5. The number of rotatable bonds is 5. The van der Waals surface area contributed by atoms with Crippen molar-refractivity contribution in [3.63, 3.8) is 0 Å². The first kappa shape index (κ1) is 16.8. The SMILES string of the molecule is CS(=O)(=O)Cc1cc(NC2CCCCC2)nc(-c2cccnc2)n1. The molecule has 0 atom stereocenters. The first-order chi connectivity index (χ1) is 11.5. The highest BCUT2D eigenvalue weighted by Crippen LogP contribution is 2.23. The molecule has 1 N–H and O–H groups in total. The Bertz CT molecular complexity index is 787. The highest BCUT2D eigenvalue weighted by molar-refractivity contribution is 7.89. The highest BCUT2D eigenvalue weighted by atomic mass is 32.2. The molecular weight excluding hydrogens is 324 g/mol. The van der Waals surface area contributed by atoms with E-state index in [-0.39, 0.29) is 5.75 Å². The summed E-state index contributed by atoms with van der Waals surface area (Å²) in [6, 6.07) is 5.82. The van der Waals surface area contributed by atoms with Crippen molar-refractivity contribution in [2.45, 2.75) is 43.9 Å². The molecule has 24 heavy (non-hydrogen) atoms. The number of hydrogen-bond acceptors (Lipinski definition) is 6. The lowest BCUT2D eigenvalue weighted by Gasteiger charge is -2.23. The fraction of sp³-hybridized carbons (Fsp3) is 0.471. The fourth-order valence-corrected chi connectivity index (χ4v) is 3.68. The van der Waals surface area contributed by atoms with E-state index in [0.717, 1.165) is 18.4 Å². The molecule has 6 nitrogen and oxygen atoms in total. The number of anilines is 1. The smallest absolute Gasteiger partial charge is 0.163 e. The highest BCUT2D eigenvalue weighted by Gasteiger charge is 2.16. The van der Waals surface area contributed by atoms with Crippen LogP contribution >= 0.6 is 0 Å². The third-order valence-corrected chi connectivity index (χ3v) is 4.89. The maximum Gasteiger partial charge on any atom is 0.163 e. The molecule has 2 aromatic rings. The summed E-state index contributed by atoms with van der Waals surface area (Å²) in [6.45, 7) is 0. The molecule has 0 unspecified atom stereocenters.